The van der Waals surface area contributed by atoms with E-state index in [2.05, 4.69) is 5.32 Å². The van der Waals surface area contributed by atoms with Crippen LogP contribution in [-0.2, 0) is 17.9 Å². The van der Waals surface area contributed by atoms with Gasteiger partial charge in [-0.3, -0.25) is 10.1 Å². The minimum atomic E-state index is -0.552. The van der Waals surface area contributed by atoms with Crippen molar-refractivity contribution in [3.8, 4) is 0 Å². The van der Waals surface area contributed by atoms with E-state index in [1.165, 1.54) is 6.07 Å². The van der Waals surface area contributed by atoms with Crippen molar-refractivity contribution in [1.82, 2.24) is 0 Å². The topological polar surface area (TPSA) is 64.4 Å². The lowest BCUT2D eigenvalue weighted by molar-refractivity contribution is -0.384. The van der Waals surface area contributed by atoms with Crippen molar-refractivity contribution in [2.24, 2.45) is 0 Å². The SMILES string of the molecule is COCc1cccc(CNc2cc([N+](=O)[O-])ccc2F)c1. The van der Waals surface area contributed by atoms with E-state index in [0.29, 0.717) is 13.2 Å². The normalized spacial score (nSPS) is 10.4. The summed E-state index contributed by atoms with van der Waals surface area (Å²) in [7, 11) is 1.61. The van der Waals surface area contributed by atoms with Crippen LogP contribution in [0.2, 0.25) is 0 Å². The van der Waals surface area contributed by atoms with Crippen molar-refractivity contribution in [3.63, 3.8) is 0 Å². The van der Waals surface area contributed by atoms with Crippen molar-refractivity contribution in [3.05, 3.63) is 69.5 Å². The van der Waals surface area contributed by atoms with Gasteiger partial charge in [-0.25, -0.2) is 4.39 Å². The lowest BCUT2D eigenvalue weighted by atomic mass is 10.1. The Labute approximate surface area is 121 Å². The summed E-state index contributed by atoms with van der Waals surface area (Å²) in [5, 5.41) is 13.6. The third-order valence-corrected chi connectivity index (χ3v) is 2.95. The summed E-state index contributed by atoms with van der Waals surface area (Å²) in [6.07, 6.45) is 0. The molecule has 0 unspecified atom stereocenters. The molecule has 2 rings (SSSR count). The van der Waals surface area contributed by atoms with Gasteiger partial charge < -0.3 is 10.1 Å². The molecule has 0 heterocycles. The molecule has 2 aromatic carbocycles. The zero-order valence-electron chi connectivity index (χ0n) is 11.5. The number of non-ortho nitro benzene ring substituents is 1. The van der Waals surface area contributed by atoms with Gasteiger partial charge in [0.2, 0.25) is 0 Å². The predicted octanol–water partition coefficient (Wildman–Crippen LogP) is 3.49. The van der Waals surface area contributed by atoms with Crippen LogP contribution >= 0.6 is 0 Å². The van der Waals surface area contributed by atoms with Crippen LogP contribution in [0.1, 0.15) is 11.1 Å². The molecule has 0 aliphatic rings. The fraction of sp³-hybridized carbons (Fsp3) is 0.200. The first-order valence-electron chi connectivity index (χ1n) is 6.34. The summed E-state index contributed by atoms with van der Waals surface area (Å²) in [6.45, 7) is 0.870. The van der Waals surface area contributed by atoms with Crippen LogP contribution in [0.3, 0.4) is 0 Å². The minimum Gasteiger partial charge on any atom is -0.380 e. The number of halogens is 1. The second-order valence-electron chi connectivity index (χ2n) is 4.53. The number of anilines is 1. The van der Waals surface area contributed by atoms with Crippen molar-refractivity contribution < 1.29 is 14.1 Å². The Kier molecular flexibility index (Phi) is 4.84. The number of nitrogens with zero attached hydrogens (tertiary/aromatic N) is 1. The third kappa shape index (κ3) is 4.00. The van der Waals surface area contributed by atoms with Gasteiger partial charge in [0.15, 0.2) is 0 Å². The van der Waals surface area contributed by atoms with E-state index in [0.717, 1.165) is 23.3 Å². The summed E-state index contributed by atoms with van der Waals surface area (Å²) >= 11 is 0. The average molecular weight is 290 g/mol. The standard InChI is InChI=1S/C15H15FN2O3/c1-21-10-12-4-2-3-11(7-12)9-17-15-8-13(18(19)20)5-6-14(15)16/h2-8,17H,9-10H2,1H3. The highest BCUT2D eigenvalue weighted by Gasteiger charge is 2.10. The van der Waals surface area contributed by atoms with Gasteiger partial charge in [-0.2, -0.15) is 0 Å². The number of nitrogens with one attached hydrogen (secondary N) is 1. The summed E-state index contributed by atoms with van der Waals surface area (Å²) in [5.74, 6) is -0.520. The van der Waals surface area contributed by atoms with Gasteiger partial charge in [0.1, 0.15) is 5.82 Å². The Bertz CT molecular complexity index is 647. The van der Waals surface area contributed by atoms with Gasteiger partial charge in [0.05, 0.1) is 17.2 Å². The van der Waals surface area contributed by atoms with E-state index in [1.54, 1.807) is 7.11 Å². The van der Waals surface area contributed by atoms with Crippen molar-refractivity contribution >= 4 is 11.4 Å². The molecule has 0 amide bonds. The Morgan fingerprint density at radius 3 is 2.71 bits per heavy atom. The molecular formula is C15H15FN2O3. The maximum absolute atomic E-state index is 13.6. The second kappa shape index (κ2) is 6.81. The number of benzene rings is 2. The first kappa shape index (κ1) is 14.9. The quantitative estimate of drug-likeness (QED) is 0.653. The molecule has 0 fully saturated rings. The van der Waals surface area contributed by atoms with Crippen molar-refractivity contribution in [1.29, 1.82) is 0 Å². The minimum absolute atomic E-state index is 0.112. The van der Waals surface area contributed by atoms with Crippen LogP contribution < -0.4 is 5.32 Å². The van der Waals surface area contributed by atoms with Crippen LogP contribution in [0.15, 0.2) is 42.5 Å². The maximum atomic E-state index is 13.6. The summed E-state index contributed by atoms with van der Waals surface area (Å²) < 4.78 is 18.7. The molecule has 2 aromatic rings. The number of hydrogen-bond acceptors (Lipinski definition) is 4. The molecule has 6 heteroatoms. The molecule has 0 saturated heterocycles. The fourth-order valence-electron chi connectivity index (χ4n) is 1.96. The first-order chi connectivity index (χ1) is 10.1. The molecule has 110 valence electrons. The Hall–Kier alpha value is -2.47. The van der Waals surface area contributed by atoms with E-state index >= 15 is 0 Å². The van der Waals surface area contributed by atoms with E-state index < -0.39 is 10.7 Å². The van der Waals surface area contributed by atoms with E-state index in [9.17, 15) is 14.5 Å². The van der Waals surface area contributed by atoms with Crippen LogP contribution in [0.4, 0.5) is 15.8 Å². The van der Waals surface area contributed by atoms with Gasteiger partial charge in [0, 0.05) is 25.8 Å². The highest BCUT2D eigenvalue weighted by molar-refractivity contribution is 5.52. The van der Waals surface area contributed by atoms with E-state index in [4.69, 9.17) is 4.74 Å². The van der Waals surface area contributed by atoms with Crippen molar-refractivity contribution in [2.75, 3.05) is 12.4 Å². The number of ether oxygens (including phenoxy) is 1. The van der Waals surface area contributed by atoms with E-state index in [-0.39, 0.29) is 11.4 Å². The molecule has 0 aliphatic carbocycles. The van der Waals surface area contributed by atoms with Gasteiger partial charge in [-0.05, 0) is 17.2 Å². The van der Waals surface area contributed by atoms with Gasteiger partial charge in [-0.1, -0.05) is 24.3 Å². The monoisotopic (exact) mass is 290 g/mol. The van der Waals surface area contributed by atoms with E-state index in [1.807, 2.05) is 24.3 Å². The zero-order chi connectivity index (χ0) is 15.2. The second-order valence-corrected chi connectivity index (χ2v) is 4.53. The largest absolute Gasteiger partial charge is 0.380 e. The Morgan fingerprint density at radius 1 is 1.24 bits per heavy atom. The smallest absolute Gasteiger partial charge is 0.271 e. The van der Waals surface area contributed by atoms with Crippen LogP contribution in [0, 0.1) is 15.9 Å². The summed E-state index contributed by atoms with van der Waals surface area (Å²) in [4.78, 5) is 10.1. The van der Waals surface area contributed by atoms with Crippen LogP contribution in [-0.4, -0.2) is 12.0 Å². The number of nitro benzene ring substituents is 1. The molecule has 0 radical (unpaired) electrons. The Morgan fingerprint density at radius 2 is 2.00 bits per heavy atom. The predicted molar refractivity (Wildman–Crippen MR) is 77.5 cm³/mol. The highest BCUT2D eigenvalue weighted by atomic mass is 19.1. The summed E-state index contributed by atoms with van der Waals surface area (Å²) in [5.41, 5.74) is 1.92. The molecule has 0 bridgehead atoms. The van der Waals surface area contributed by atoms with Gasteiger partial charge in [0.25, 0.3) is 5.69 Å². The summed E-state index contributed by atoms with van der Waals surface area (Å²) in [6, 6.07) is 11.1. The molecule has 1 N–H and O–H groups in total. The molecule has 21 heavy (non-hydrogen) atoms. The Balaban J connectivity index is 2.10. The molecule has 5 nitrogen and oxygen atoms in total. The fourth-order valence-corrected chi connectivity index (χ4v) is 1.96. The molecule has 0 aromatic heterocycles. The maximum Gasteiger partial charge on any atom is 0.271 e. The highest BCUT2D eigenvalue weighted by Crippen LogP contribution is 2.22. The molecular weight excluding hydrogens is 275 g/mol. The first-order valence-corrected chi connectivity index (χ1v) is 6.34. The van der Waals surface area contributed by atoms with Gasteiger partial charge in [-0.15, -0.1) is 0 Å². The molecule has 0 atom stereocenters. The van der Waals surface area contributed by atoms with Gasteiger partial charge >= 0.3 is 0 Å². The van der Waals surface area contributed by atoms with Crippen LogP contribution in [0.25, 0.3) is 0 Å². The zero-order valence-corrected chi connectivity index (χ0v) is 11.5. The molecule has 0 saturated carbocycles. The van der Waals surface area contributed by atoms with Crippen LogP contribution in [0.5, 0.6) is 0 Å². The number of methoxy groups -OCH3 is 1. The molecule has 0 aliphatic heterocycles. The average Bonchev–Trinajstić information content (AvgIpc) is 2.47. The van der Waals surface area contributed by atoms with Crippen molar-refractivity contribution in [2.45, 2.75) is 13.2 Å². The lowest BCUT2D eigenvalue weighted by Gasteiger charge is -2.09. The number of rotatable bonds is 6. The third-order valence-electron chi connectivity index (χ3n) is 2.95. The number of hydrogen-bond donors (Lipinski definition) is 1. The lowest BCUT2D eigenvalue weighted by Crippen LogP contribution is -2.03. The number of nitro groups is 1. The molecule has 0 spiro atoms.